The van der Waals surface area contributed by atoms with Crippen molar-refractivity contribution in [3.8, 4) is 17.0 Å². The molecule has 1 fully saturated rings. The molecule has 4 rings (SSSR count). The maximum Gasteiger partial charge on any atom is 0.274 e. The molecule has 0 saturated carbocycles. The highest BCUT2D eigenvalue weighted by atomic mass is 35.5. The van der Waals surface area contributed by atoms with Crippen molar-refractivity contribution in [3.05, 3.63) is 70.1 Å². The molecule has 1 saturated heterocycles. The number of nitrogens with zero attached hydrogens (tertiary/aromatic N) is 4. The number of aromatic nitrogens is 2. The van der Waals surface area contributed by atoms with Gasteiger partial charge in [-0.2, -0.15) is 0 Å². The molecule has 1 atom stereocenters. The van der Waals surface area contributed by atoms with E-state index in [1.807, 2.05) is 38.1 Å². The van der Waals surface area contributed by atoms with E-state index in [9.17, 15) is 9.59 Å². The molecule has 2 N–H and O–H groups in total. The van der Waals surface area contributed by atoms with Crippen LogP contribution in [-0.4, -0.2) is 59.0 Å². The van der Waals surface area contributed by atoms with Gasteiger partial charge in [-0.25, -0.2) is 9.97 Å². The summed E-state index contributed by atoms with van der Waals surface area (Å²) in [7, 11) is 0. The first kappa shape index (κ1) is 25.7. The summed E-state index contributed by atoms with van der Waals surface area (Å²) < 4.78 is 5.66. The van der Waals surface area contributed by atoms with Gasteiger partial charge in [0.25, 0.3) is 11.8 Å². The predicted octanol–water partition coefficient (Wildman–Crippen LogP) is 4.69. The van der Waals surface area contributed by atoms with Crippen molar-refractivity contribution >= 4 is 40.7 Å². The van der Waals surface area contributed by atoms with Crippen LogP contribution < -0.4 is 15.4 Å². The maximum atomic E-state index is 13.1. The number of amides is 2. The van der Waals surface area contributed by atoms with Gasteiger partial charge < -0.3 is 20.3 Å². The topological polar surface area (TPSA) is 102 Å². The van der Waals surface area contributed by atoms with Gasteiger partial charge in [-0.15, -0.1) is 0 Å². The van der Waals surface area contributed by atoms with Gasteiger partial charge >= 0.3 is 0 Å². The molecule has 3 aromatic rings. The highest BCUT2D eigenvalue weighted by molar-refractivity contribution is 6.36. The Morgan fingerprint density at radius 1 is 1.14 bits per heavy atom. The molecule has 1 aromatic carbocycles. The van der Waals surface area contributed by atoms with E-state index < -0.39 is 5.91 Å². The third kappa shape index (κ3) is 5.24. The largest absolute Gasteiger partial charge is 0.478 e. The van der Waals surface area contributed by atoms with Crippen molar-refractivity contribution in [2.45, 2.75) is 26.3 Å². The zero-order valence-corrected chi connectivity index (χ0v) is 21.6. The highest BCUT2D eigenvalue weighted by Crippen LogP contribution is 2.34. The minimum Gasteiger partial charge on any atom is -0.478 e. The second-order valence-corrected chi connectivity index (χ2v) is 9.22. The van der Waals surface area contributed by atoms with Gasteiger partial charge in [0.1, 0.15) is 5.69 Å². The third-order valence-electron chi connectivity index (χ3n) is 6.19. The van der Waals surface area contributed by atoms with Gasteiger partial charge in [-0.1, -0.05) is 36.2 Å². The van der Waals surface area contributed by atoms with Gasteiger partial charge in [0.15, 0.2) is 0 Å². The smallest absolute Gasteiger partial charge is 0.274 e. The molecule has 0 radical (unpaired) electrons. The Morgan fingerprint density at radius 3 is 2.64 bits per heavy atom. The van der Waals surface area contributed by atoms with Crippen molar-refractivity contribution in [2.75, 3.05) is 31.1 Å². The molecular formula is C26H27Cl2N5O3. The van der Waals surface area contributed by atoms with Crippen LogP contribution in [0.3, 0.4) is 0 Å². The molecule has 10 heteroatoms. The summed E-state index contributed by atoms with van der Waals surface area (Å²) in [6, 6.07) is 10.8. The number of hydrogen-bond acceptors (Lipinski definition) is 6. The molecule has 0 aliphatic carbocycles. The molecule has 8 nitrogen and oxygen atoms in total. The first-order valence-corrected chi connectivity index (χ1v) is 12.5. The Balaban J connectivity index is 1.62. The van der Waals surface area contributed by atoms with E-state index in [-0.39, 0.29) is 22.7 Å². The first-order valence-electron chi connectivity index (χ1n) is 11.7. The molecule has 188 valence electrons. The number of carbonyl (C=O) groups is 2. The standard InChI is InChI=1S/C26H27Cl2N5O3/c1-3-18-15-32(26(35)23-21(28)13-17(27)14-31-23)10-11-33(18)22-8-7-16(12-20(22)24(29)34)19-6-5-9-30-25(19)36-4-2/h5-9,12-14,18H,3-4,10-11,15H2,1-2H3,(H2,29,34)/t18-/m1/s1. The van der Waals surface area contributed by atoms with Crippen LogP contribution in [0.1, 0.15) is 41.1 Å². The minimum atomic E-state index is -0.529. The second kappa shape index (κ2) is 11.1. The van der Waals surface area contributed by atoms with Crippen molar-refractivity contribution in [1.82, 2.24) is 14.9 Å². The number of pyridine rings is 2. The number of benzene rings is 1. The maximum absolute atomic E-state index is 13.1. The van der Waals surface area contributed by atoms with Crippen molar-refractivity contribution in [3.63, 3.8) is 0 Å². The molecule has 2 amide bonds. The van der Waals surface area contributed by atoms with E-state index in [4.69, 9.17) is 33.7 Å². The zero-order chi connectivity index (χ0) is 25.8. The number of anilines is 1. The lowest BCUT2D eigenvalue weighted by molar-refractivity contribution is 0.0714. The Labute approximate surface area is 220 Å². The van der Waals surface area contributed by atoms with Gasteiger partial charge in [0, 0.05) is 49.3 Å². The number of nitrogens with two attached hydrogens (primary N) is 1. The number of rotatable bonds is 7. The predicted molar refractivity (Wildman–Crippen MR) is 141 cm³/mol. The third-order valence-corrected chi connectivity index (χ3v) is 6.68. The minimum absolute atomic E-state index is 0.0323. The average Bonchev–Trinajstić information content (AvgIpc) is 2.88. The molecular weight excluding hydrogens is 501 g/mol. The Kier molecular flexibility index (Phi) is 7.96. The number of ether oxygens (including phenoxy) is 1. The lowest BCUT2D eigenvalue weighted by Gasteiger charge is -2.43. The Hall–Kier alpha value is -3.36. The number of carbonyl (C=O) groups excluding carboxylic acids is 2. The Morgan fingerprint density at radius 2 is 1.94 bits per heavy atom. The van der Waals surface area contributed by atoms with Gasteiger partial charge in [-0.05, 0) is 49.2 Å². The fourth-order valence-electron chi connectivity index (χ4n) is 4.44. The van der Waals surface area contributed by atoms with E-state index in [0.29, 0.717) is 42.7 Å². The molecule has 2 aromatic heterocycles. The lowest BCUT2D eigenvalue weighted by Crippen LogP contribution is -2.55. The lowest BCUT2D eigenvalue weighted by atomic mass is 9.99. The van der Waals surface area contributed by atoms with Crippen LogP contribution >= 0.6 is 23.2 Å². The molecule has 0 unspecified atom stereocenters. The number of hydrogen-bond donors (Lipinski definition) is 1. The fraction of sp³-hybridized carbons (Fsp3) is 0.308. The first-order chi connectivity index (χ1) is 17.3. The van der Waals surface area contributed by atoms with Gasteiger partial charge in [0.05, 0.1) is 22.2 Å². The zero-order valence-electron chi connectivity index (χ0n) is 20.1. The van der Waals surface area contributed by atoms with Crippen molar-refractivity contribution in [2.24, 2.45) is 5.73 Å². The molecule has 36 heavy (non-hydrogen) atoms. The van der Waals surface area contributed by atoms with Crippen LogP contribution in [0.2, 0.25) is 10.0 Å². The fourth-order valence-corrected chi connectivity index (χ4v) is 4.90. The summed E-state index contributed by atoms with van der Waals surface area (Å²) in [5.41, 5.74) is 8.70. The summed E-state index contributed by atoms with van der Waals surface area (Å²) in [6.07, 6.45) is 3.83. The van der Waals surface area contributed by atoms with Crippen LogP contribution in [0.5, 0.6) is 5.88 Å². The van der Waals surface area contributed by atoms with E-state index in [1.54, 1.807) is 17.2 Å². The van der Waals surface area contributed by atoms with Crippen LogP contribution in [-0.2, 0) is 0 Å². The second-order valence-electron chi connectivity index (χ2n) is 8.38. The number of primary amides is 1. The van der Waals surface area contributed by atoms with E-state index in [1.165, 1.54) is 12.3 Å². The van der Waals surface area contributed by atoms with E-state index >= 15 is 0 Å². The van der Waals surface area contributed by atoms with Crippen LogP contribution in [0.25, 0.3) is 11.1 Å². The van der Waals surface area contributed by atoms with E-state index in [2.05, 4.69) is 14.9 Å². The molecule has 1 aliphatic heterocycles. The summed E-state index contributed by atoms with van der Waals surface area (Å²) in [6.45, 7) is 5.82. The summed E-state index contributed by atoms with van der Waals surface area (Å²) in [4.78, 5) is 38.0. The summed E-state index contributed by atoms with van der Waals surface area (Å²) >= 11 is 12.1. The van der Waals surface area contributed by atoms with E-state index in [0.717, 1.165) is 23.2 Å². The van der Waals surface area contributed by atoms with Crippen LogP contribution in [0, 0.1) is 0 Å². The monoisotopic (exact) mass is 527 g/mol. The summed E-state index contributed by atoms with van der Waals surface area (Å²) in [5, 5.41) is 0.589. The summed E-state index contributed by atoms with van der Waals surface area (Å²) in [5.74, 6) is -0.282. The van der Waals surface area contributed by atoms with Crippen LogP contribution in [0.4, 0.5) is 5.69 Å². The quantitative estimate of drug-likeness (QED) is 0.478. The average molecular weight is 528 g/mol. The van der Waals surface area contributed by atoms with Crippen LogP contribution in [0.15, 0.2) is 48.8 Å². The van der Waals surface area contributed by atoms with Crippen molar-refractivity contribution < 1.29 is 14.3 Å². The molecule has 0 bridgehead atoms. The van der Waals surface area contributed by atoms with Gasteiger partial charge in [-0.3, -0.25) is 9.59 Å². The molecule has 3 heterocycles. The van der Waals surface area contributed by atoms with Gasteiger partial charge in [0.2, 0.25) is 5.88 Å². The number of piperazine rings is 1. The number of halogens is 2. The highest BCUT2D eigenvalue weighted by Gasteiger charge is 2.32. The Bertz CT molecular complexity index is 1290. The molecule has 1 aliphatic rings. The SMILES string of the molecule is CCOc1ncccc1-c1ccc(N2CCN(C(=O)c3ncc(Cl)cc3Cl)C[C@H]2CC)c(C(N)=O)c1. The normalized spacial score (nSPS) is 15.6. The van der Waals surface area contributed by atoms with Crippen molar-refractivity contribution in [1.29, 1.82) is 0 Å². The molecule has 0 spiro atoms.